The molecule has 2 heterocycles. The van der Waals surface area contributed by atoms with Gasteiger partial charge in [-0.15, -0.1) is 11.3 Å². The lowest BCUT2D eigenvalue weighted by atomic mass is 10.1. The maximum Gasteiger partial charge on any atom is 0.259 e. The number of fused-ring (bicyclic) bond motifs is 1. The van der Waals surface area contributed by atoms with Gasteiger partial charge in [0.05, 0.1) is 40.0 Å². The van der Waals surface area contributed by atoms with E-state index in [1.807, 2.05) is 53.2 Å². The molecule has 0 unspecified atom stereocenters. The molecule has 0 aliphatic carbocycles. The zero-order valence-corrected chi connectivity index (χ0v) is 16.2. The lowest BCUT2D eigenvalue weighted by molar-refractivity contribution is 0.102. The van der Waals surface area contributed by atoms with Crippen molar-refractivity contribution < 1.29 is 9.90 Å². The number of hydrogen-bond acceptors (Lipinski definition) is 5. The molecule has 0 aliphatic heterocycles. The van der Waals surface area contributed by atoms with Gasteiger partial charge in [-0.25, -0.2) is 9.67 Å². The molecule has 4 aromatic rings. The van der Waals surface area contributed by atoms with Gasteiger partial charge in [-0.2, -0.15) is 5.10 Å². The standard InChI is InChI=1S/C21H20N4O2S/c1-2-6-18-16(12-22-25(18)15-7-4-3-5-8-15)21(27)23-14-9-10-19-17(11-14)24-20(13-26)28-19/h3-5,7-12,26H,2,6,13H2,1H3,(H,23,27). The summed E-state index contributed by atoms with van der Waals surface area (Å²) in [6.45, 7) is 2.00. The van der Waals surface area contributed by atoms with Crippen molar-refractivity contribution in [3.63, 3.8) is 0 Å². The van der Waals surface area contributed by atoms with Gasteiger partial charge in [0.2, 0.25) is 0 Å². The summed E-state index contributed by atoms with van der Waals surface area (Å²) in [5, 5.41) is 17.3. The lowest BCUT2D eigenvalue weighted by Crippen LogP contribution is -2.14. The number of rotatable bonds is 6. The van der Waals surface area contributed by atoms with Crippen LogP contribution in [0.4, 0.5) is 5.69 Å². The Labute approximate surface area is 166 Å². The summed E-state index contributed by atoms with van der Waals surface area (Å²) in [5.74, 6) is -0.192. The molecule has 142 valence electrons. The van der Waals surface area contributed by atoms with Crippen molar-refractivity contribution in [2.24, 2.45) is 0 Å². The zero-order valence-electron chi connectivity index (χ0n) is 15.4. The van der Waals surface area contributed by atoms with E-state index in [2.05, 4.69) is 22.3 Å². The van der Waals surface area contributed by atoms with Crippen molar-refractivity contribution in [3.05, 3.63) is 71.0 Å². The quantitative estimate of drug-likeness (QED) is 0.516. The molecule has 0 saturated carbocycles. The zero-order chi connectivity index (χ0) is 19.5. The summed E-state index contributed by atoms with van der Waals surface area (Å²) in [7, 11) is 0. The monoisotopic (exact) mass is 392 g/mol. The molecule has 0 spiro atoms. The van der Waals surface area contributed by atoms with Gasteiger partial charge in [-0.3, -0.25) is 4.79 Å². The summed E-state index contributed by atoms with van der Waals surface area (Å²) in [6, 6.07) is 15.4. The number of aliphatic hydroxyl groups is 1. The Balaban J connectivity index is 1.63. The van der Waals surface area contributed by atoms with E-state index in [1.54, 1.807) is 6.20 Å². The number of amides is 1. The Bertz CT molecular complexity index is 1120. The van der Waals surface area contributed by atoms with Gasteiger partial charge in [-0.05, 0) is 36.8 Å². The molecule has 0 atom stereocenters. The van der Waals surface area contributed by atoms with Gasteiger partial charge in [0.25, 0.3) is 5.91 Å². The topological polar surface area (TPSA) is 80.0 Å². The van der Waals surface area contributed by atoms with Crippen LogP contribution < -0.4 is 5.32 Å². The van der Waals surface area contributed by atoms with Gasteiger partial charge in [-0.1, -0.05) is 31.5 Å². The minimum Gasteiger partial charge on any atom is -0.389 e. The Morgan fingerprint density at radius 3 is 2.79 bits per heavy atom. The van der Waals surface area contributed by atoms with Crippen LogP contribution in [0.25, 0.3) is 15.9 Å². The van der Waals surface area contributed by atoms with Crippen molar-refractivity contribution in [2.75, 3.05) is 5.32 Å². The van der Waals surface area contributed by atoms with Crippen molar-refractivity contribution in [2.45, 2.75) is 26.4 Å². The molecule has 28 heavy (non-hydrogen) atoms. The Kier molecular flexibility index (Phi) is 5.18. The summed E-state index contributed by atoms with van der Waals surface area (Å²) in [4.78, 5) is 17.3. The normalized spacial score (nSPS) is 11.1. The summed E-state index contributed by atoms with van der Waals surface area (Å²) in [6.07, 6.45) is 3.29. The van der Waals surface area contributed by atoms with E-state index in [-0.39, 0.29) is 12.5 Å². The molecular weight excluding hydrogens is 372 g/mol. The molecule has 0 bridgehead atoms. The molecule has 0 saturated heterocycles. The number of carbonyl (C=O) groups is 1. The van der Waals surface area contributed by atoms with Crippen molar-refractivity contribution in [1.29, 1.82) is 0 Å². The van der Waals surface area contributed by atoms with Gasteiger partial charge in [0, 0.05) is 5.69 Å². The van der Waals surface area contributed by atoms with Crippen LogP contribution in [0, 0.1) is 0 Å². The first kappa shape index (κ1) is 18.3. The average Bonchev–Trinajstić information content (AvgIpc) is 3.32. The van der Waals surface area contributed by atoms with Gasteiger partial charge in [0.1, 0.15) is 5.01 Å². The van der Waals surface area contributed by atoms with Crippen LogP contribution in [0.3, 0.4) is 0 Å². The SMILES string of the molecule is CCCc1c(C(=O)Nc2ccc3sc(CO)nc3c2)cnn1-c1ccccc1. The highest BCUT2D eigenvalue weighted by molar-refractivity contribution is 7.18. The number of hydrogen-bond donors (Lipinski definition) is 2. The first-order valence-corrected chi connectivity index (χ1v) is 9.95. The number of carbonyl (C=O) groups excluding carboxylic acids is 1. The number of aromatic nitrogens is 3. The van der Waals surface area contributed by atoms with E-state index in [0.717, 1.165) is 34.4 Å². The summed E-state index contributed by atoms with van der Waals surface area (Å²) in [5.41, 5.74) is 3.83. The van der Waals surface area contributed by atoms with E-state index in [9.17, 15) is 9.90 Å². The number of para-hydroxylation sites is 1. The van der Waals surface area contributed by atoms with E-state index in [4.69, 9.17) is 0 Å². The third-order valence-corrected chi connectivity index (χ3v) is 5.45. The number of benzene rings is 2. The van der Waals surface area contributed by atoms with Crippen LogP contribution in [-0.4, -0.2) is 25.8 Å². The van der Waals surface area contributed by atoms with Crippen LogP contribution >= 0.6 is 11.3 Å². The maximum absolute atomic E-state index is 12.9. The fourth-order valence-corrected chi connectivity index (χ4v) is 3.96. The fraction of sp³-hybridized carbons (Fsp3) is 0.190. The number of nitrogens with zero attached hydrogens (tertiary/aromatic N) is 3. The molecule has 0 aliphatic rings. The molecule has 6 nitrogen and oxygen atoms in total. The first-order valence-electron chi connectivity index (χ1n) is 9.13. The summed E-state index contributed by atoms with van der Waals surface area (Å²) >= 11 is 1.44. The van der Waals surface area contributed by atoms with Crippen LogP contribution in [0.1, 0.15) is 34.4 Å². The number of nitrogens with one attached hydrogen (secondary N) is 1. The predicted octanol–water partition coefficient (Wildman–Crippen LogP) is 4.18. The molecular formula is C21H20N4O2S. The highest BCUT2D eigenvalue weighted by Crippen LogP contribution is 2.26. The van der Waals surface area contributed by atoms with E-state index in [0.29, 0.717) is 16.3 Å². The van der Waals surface area contributed by atoms with E-state index >= 15 is 0 Å². The molecule has 2 N–H and O–H groups in total. The summed E-state index contributed by atoms with van der Waals surface area (Å²) < 4.78 is 2.81. The largest absolute Gasteiger partial charge is 0.389 e. The highest BCUT2D eigenvalue weighted by Gasteiger charge is 2.18. The second-order valence-corrected chi connectivity index (χ2v) is 7.52. The maximum atomic E-state index is 12.9. The van der Waals surface area contributed by atoms with E-state index < -0.39 is 0 Å². The third-order valence-electron chi connectivity index (χ3n) is 4.43. The minimum absolute atomic E-state index is 0.0832. The van der Waals surface area contributed by atoms with Crippen molar-refractivity contribution >= 4 is 33.1 Å². The molecule has 7 heteroatoms. The van der Waals surface area contributed by atoms with Crippen molar-refractivity contribution in [3.8, 4) is 5.69 Å². The molecule has 0 radical (unpaired) electrons. The second-order valence-electron chi connectivity index (χ2n) is 6.40. The lowest BCUT2D eigenvalue weighted by Gasteiger charge is -2.09. The van der Waals surface area contributed by atoms with Crippen LogP contribution in [0.15, 0.2) is 54.7 Å². The second kappa shape index (κ2) is 7.92. The third kappa shape index (κ3) is 3.54. The smallest absolute Gasteiger partial charge is 0.259 e. The highest BCUT2D eigenvalue weighted by atomic mass is 32.1. The molecule has 1 amide bonds. The number of aliphatic hydroxyl groups excluding tert-OH is 1. The van der Waals surface area contributed by atoms with Crippen LogP contribution in [0.2, 0.25) is 0 Å². The number of anilines is 1. The molecule has 0 fully saturated rings. The van der Waals surface area contributed by atoms with Gasteiger partial charge < -0.3 is 10.4 Å². The van der Waals surface area contributed by atoms with E-state index in [1.165, 1.54) is 11.3 Å². The van der Waals surface area contributed by atoms with Crippen LogP contribution in [-0.2, 0) is 13.0 Å². The Morgan fingerprint density at radius 2 is 2.04 bits per heavy atom. The van der Waals surface area contributed by atoms with Gasteiger partial charge in [0.15, 0.2) is 0 Å². The Hall–Kier alpha value is -3.03. The molecule has 4 rings (SSSR count). The molecule has 2 aromatic carbocycles. The van der Waals surface area contributed by atoms with Crippen molar-refractivity contribution in [1.82, 2.24) is 14.8 Å². The average molecular weight is 392 g/mol. The predicted molar refractivity (Wildman–Crippen MR) is 111 cm³/mol. The van der Waals surface area contributed by atoms with Crippen LogP contribution in [0.5, 0.6) is 0 Å². The molecule has 2 aromatic heterocycles. The van der Waals surface area contributed by atoms with Gasteiger partial charge >= 0.3 is 0 Å². The first-order chi connectivity index (χ1) is 13.7. The number of thiazole rings is 1. The Morgan fingerprint density at radius 1 is 1.21 bits per heavy atom. The minimum atomic E-state index is -0.192. The fourth-order valence-electron chi connectivity index (χ4n) is 3.15.